The standard InChI is InChI=1S/C24H28N2O4S/c1-3-23(31(29,30)22-10-9-19(2)21(17-22)18-24(27)28)26-15-13-25(14-16-26)12-11-20-7-5-4-6-8-20/h3-12,17,23H,1,13-16,18H2,2H3,(H,27,28). The van der Waals surface area contributed by atoms with Crippen molar-refractivity contribution < 1.29 is 18.3 Å². The molecule has 1 unspecified atom stereocenters. The summed E-state index contributed by atoms with van der Waals surface area (Å²) in [4.78, 5) is 15.3. The van der Waals surface area contributed by atoms with Crippen LogP contribution in [0.1, 0.15) is 16.7 Å². The van der Waals surface area contributed by atoms with E-state index in [-0.39, 0.29) is 11.3 Å². The maximum atomic E-state index is 13.3. The highest BCUT2D eigenvalue weighted by atomic mass is 32.2. The highest BCUT2D eigenvalue weighted by Gasteiger charge is 2.32. The van der Waals surface area contributed by atoms with E-state index in [0.717, 1.165) is 11.1 Å². The lowest BCUT2D eigenvalue weighted by molar-refractivity contribution is -0.136. The molecule has 0 aliphatic carbocycles. The fourth-order valence-electron chi connectivity index (χ4n) is 3.69. The average Bonchev–Trinajstić information content (AvgIpc) is 2.75. The van der Waals surface area contributed by atoms with Crippen molar-refractivity contribution in [3.05, 3.63) is 84.1 Å². The van der Waals surface area contributed by atoms with Crippen molar-refractivity contribution in [2.75, 3.05) is 26.2 Å². The van der Waals surface area contributed by atoms with E-state index in [1.807, 2.05) is 47.5 Å². The van der Waals surface area contributed by atoms with Crippen molar-refractivity contribution >= 4 is 21.9 Å². The molecular weight excluding hydrogens is 412 g/mol. The molecule has 1 aliphatic rings. The molecular formula is C24H28N2O4S. The topological polar surface area (TPSA) is 77.9 Å². The third-order valence-corrected chi connectivity index (χ3v) is 7.53. The molecule has 1 N–H and O–H groups in total. The molecule has 1 saturated heterocycles. The van der Waals surface area contributed by atoms with E-state index >= 15 is 0 Å². The lowest BCUT2D eigenvalue weighted by Gasteiger charge is -2.37. The molecule has 1 atom stereocenters. The van der Waals surface area contributed by atoms with Crippen LogP contribution in [-0.4, -0.2) is 60.8 Å². The van der Waals surface area contributed by atoms with Gasteiger partial charge in [-0.15, -0.1) is 6.58 Å². The van der Waals surface area contributed by atoms with Gasteiger partial charge in [-0.3, -0.25) is 9.69 Å². The summed E-state index contributed by atoms with van der Waals surface area (Å²) in [7, 11) is -3.72. The molecule has 0 aromatic heterocycles. The van der Waals surface area contributed by atoms with Crippen molar-refractivity contribution in [3.8, 4) is 0 Å². The Morgan fingerprint density at radius 2 is 1.81 bits per heavy atom. The number of sulfone groups is 1. The Labute approximate surface area is 184 Å². The molecule has 1 heterocycles. The van der Waals surface area contributed by atoms with Crippen LogP contribution < -0.4 is 0 Å². The van der Waals surface area contributed by atoms with E-state index in [1.54, 1.807) is 19.1 Å². The number of carbonyl (C=O) groups is 1. The maximum absolute atomic E-state index is 13.3. The van der Waals surface area contributed by atoms with Gasteiger partial charge in [0.1, 0.15) is 5.37 Å². The number of aliphatic carboxylic acids is 1. The fraction of sp³-hybridized carbons (Fsp3) is 0.292. The van der Waals surface area contributed by atoms with E-state index in [1.165, 1.54) is 12.1 Å². The summed E-state index contributed by atoms with van der Waals surface area (Å²) >= 11 is 0. The van der Waals surface area contributed by atoms with E-state index in [2.05, 4.69) is 11.5 Å². The van der Waals surface area contributed by atoms with Crippen molar-refractivity contribution in [2.45, 2.75) is 23.6 Å². The lowest BCUT2D eigenvalue weighted by atomic mass is 10.1. The first-order valence-corrected chi connectivity index (χ1v) is 11.7. The van der Waals surface area contributed by atoms with Crippen LogP contribution in [0.3, 0.4) is 0 Å². The Morgan fingerprint density at radius 1 is 1.13 bits per heavy atom. The van der Waals surface area contributed by atoms with Gasteiger partial charge in [0, 0.05) is 26.2 Å². The van der Waals surface area contributed by atoms with E-state index in [9.17, 15) is 13.2 Å². The quantitative estimate of drug-likeness (QED) is 0.635. The van der Waals surface area contributed by atoms with E-state index < -0.39 is 21.2 Å². The first kappa shape index (κ1) is 22.8. The third kappa shape index (κ3) is 5.62. The molecule has 0 radical (unpaired) electrons. The second kappa shape index (κ2) is 9.94. The van der Waals surface area contributed by atoms with Crippen LogP contribution in [0, 0.1) is 6.92 Å². The van der Waals surface area contributed by atoms with Gasteiger partial charge in [-0.25, -0.2) is 8.42 Å². The first-order chi connectivity index (χ1) is 14.8. The Bertz CT molecular complexity index is 1060. The normalized spacial score (nSPS) is 16.4. The van der Waals surface area contributed by atoms with Crippen LogP contribution in [0.25, 0.3) is 6.08 Å². The second-order valence-electron chi connectivity index (χ2n) is 7.63. The number of aryl methyl sites for hydroxylation is 1. The first-order valence-electron chi connectivity index (χ1n) is 10.2. The lowest BCUT2D eigenvalue weighted by Crippen LogP contribution is -2.50. The minimum Gasteiger partial charge on any atom is -0.481 e. The monoisotopic (exact) mass is 440 g/mol. The minimum atomic E-state index is -3.72. The van der Waals surface area contributed by atoms with Crippen LogP contribution in [0.15, 0.2) is 72.3 Å². The number of carboxylic acid groups (broad SMARTS) is 1. The zero-order valence-corrected chi connectivity index (χ0v) is 18.5. The van der Waals surface area contributed by atoms with Gasteiger partial charge in [0.2, 0.25) is 0 Å². The van der Waals surface area contributed by atoms with Gasteiger partial charge < -0.3 is 10.0 Å². The number of piperazine rings is 1. The molecule has 164 valence electrons. The molecule has 7 heteroatoms. The molecule has 0 saturated carbocycles. The largest absolute Gasteiger partial charge is 0.481 e. The van der Waals surface area contributed by atoms with Crippen molar-refractivity contribution in [2.24, 2.45) is 0 Å². The highest BCUT2D eigenvalue weighted by molar-refractivity contribution is 7.92. The molecule has 1 aliphatic heterocycles. The minimum absolute atomic E-state index is 0.130. The Morgan fingerprint density at radius 3 is 2.42 bits per heavy atom. The van der Waals surface area contributed by atoms with Crippen LogP contribution in [-0.2, 0) is 21.1 Å². The average molecular weight is 441 g/mol. The van der Waals surface area contributed by atoms with Gasteiger partial charge in [0.15, 0.2) is 9.84 Å². The number of nitrogens with zero attached hydrogens (tertiary/aromatic N) is 2. The molecule has 6 nitrogen and oxygen atoms in total. The number of hydrogen-bond donors (Lipinski definition) is 1. The van der Waals surface area contributed by atoms with Gasteiger partial charge in [0.05, 0.1) is 11.3 Å². The van der Waals surface area contributed by atoms with Gasteiger partial charge >= 0.3 is 5.97 Å². The van der Waals surface area contributed by atoms with Crippen LogP contribution >= 0.6 is 0 Å². The summed E-state index contributed by atoms with van der Waals surface area (Å²) < 4.78 is 26.6. The smallest absolute Gasteiger partial charge is 0.307 e. The molecule has 0 bridgehead atoms. The predicted octanol–water partition coefficient (Wildman–Crippen LogP) is 3.20. The SMILES string of the molecule is C=CC(N1CCN(C=Cc2ccccc2)CC1)S(=O)(=O)c1ccc(C)c(CC(=O)O)c1. The molecule has 2 aromatic rings. The van der Waals surface area contributed by atoms with Crippen molar-refractivity contribution in [1.29, 1.82) is 0 Å². The number of carboxylic acids is 1. The van der Waals surface area contributed by atoms with Crippen LogP contribution in [0.5, 0.6) is 0 Å². The molecule has 0 spiro atoms. The van der Waals surface area contributed by atoms with Crippen LogP contribution in [0.2, 0.25) is 0 Å². The number of benzene rings is 2. The maximum Gasteiger partial charge on any atom is 0.307 e. The molecule has 0 amide bonds. The molecule has 2 aromatic carbocycles. The van der Waals surface area contributed by atoms with E-state index in [0.29, 0.717) is 31.7 Å². The van der Waals surface area contributed by atoms with Gasteiger partial charge in [-0.05, 0) is 48.0 Å². The fourth-order valence-corrected chi connectivity index (χ4v) is 5.39. The van der Waals surface area contributed by atoms with Gasteiger partial charge in [0.25, 0.3) is 0 Å². The number of rotatable bonds is 8. The van der Waals surface area contributed by atoms with Gasteiger partial charge in [-0.2, -0.15) is 0 Å². The number of hydrogen-bond acceptors (Lipinski definition) is 5. The summed E-state index contributed by atoms with van der Waals surface area (Å²) in [6.45, 7) is 8.14. The second-order valence-corrected chi connectivity index (χ2v) is 9.67. The summed E-state index contributed by atoms with van der Waals surface area (Å²) in [6.07, 6.45) is 5.35. The Balaban J connectivity index is 1.71. The molecule has 1 fully saturated rings. The summed E-state index contributed by atoms with van der Waals surface area (Å²) in [5.41, 5.74) is 2.38. The van der Waals surface area contributed by atoms with E-state index in [4.69, 9.17) is 5.11 Å². The highest BCUT2D eigenvalue weighted by Crippen LogP contribution is 2.24. The summed E-state index contributed by atoms with van der Waals surface area (Å²) in [5, 5.41) is 8.25. The summed E-state index contributed by atoms with van der Waals surface area (Å²) in [6, 6.07) is 14.7. The Kier molecular flexibility index (Phi) is 7.30. The zero-order valence-electron chi connectivity index (χ0n) is 17.6. The van der Waals surface area contributed by atoms with Crippen molar-refractivity contribution in [1.82, 2.24) is 9.80 Å². The summed E-state index contributed by atoms with van der Waals surface area (Å²) in [5.74, 6) is -0.988. The van der Waals surface area contributed by atoms with Crippen LogP contribution in [0.4, 0.5) is 0 Å². The zero-order chi connectivity index (χ0) is 22.4. The van der Waals surface area contributed by atoms with Gasteiger partial charge in [-0.1, -0.05) is 42.5 Å². The third-order valence-electron chi connectivity index (χ3n) is 5.50. The molecule has 31 heavy (non-hydrogen) atoms. The molecule has 3 rings (SSSR count). The Hall–Kier alpha value is -2.90. The van der Waals surface area contributed by atoms with Crippen molar-refractivity contribution in [3.63, 3.8) is 0 Å². The predicted molar refractivity (Wildman–Crippen MR) is 122 cm³/mol.